The first kappa shape index (κ1) is 7.15. The molecule has 2 unspecified atom stereocenters. The molecule has 0 amide bonds. The molecule has 0 aromatic heterocycles. The Morgan fingerprint density at radius 3 is 2.36 bits per heavy atom. The lowest BCUT2D eigenvalue weighted by Gasteiger charge is -2.13. The van der Waals surface area contributed by atoms with Crippen LogP contribution in [0.25, 0.3) is 0 Å². The quantitative estimate of drug-likeness (QED) is 0.462. The summed E-state index contributed by atoms with van der Waals surface area (Å²) in [6, 6.07) is 0. The van der Waals surface area contributed by atoms with Gasteiger partial charge in [-0.1, -0.05) is 23.3 Å². The lowest BCUT2D eigenvalue weighted by atomic mass is 9.92. The van der Waals surface area contributed by atoms with Crippen molar-refractivity contribution in [3.05, 3.63) is 23.3 Å². The van der Waals surface area contributed by atoms with Crippen molar-refractivity contribution in [1.29, 1.82) is 0 Å². The molecule has 0 aromatic carbocycles. The zero-order valence-corrected chi connectivity index (χ0v) is 7.48. The summed E-state index contributed by atoms with van der Waals surface area (Å²) >= 11 is 0. The molecule has 60 valence electrons. The van der Waals surface area contributed by atoms with Crippen LogP contribution in [0, 0.1) is 11.8 Å². The molecule has 2 rings (SSSR count). The average Bonchev–Trinajstić information content (AvgIpc) is 2.46. The Hall–Kier alpha value is -0.520. The normalized spacial score (nSPS) is 35.1. The second kappa shape index (κ2) is 2.23. The van der Waals surface area contributed by atoms with Gasteiger partial charge in [-0.05, 0) is 39.0 Å². The van der Waals surface area contributed by atoms with E-state index in [1.54, 1.807) is 11.1 Å². The van der Waals surface area contributed by atoms with E-state index in [1.165, 1.54) is 24.8 Å². The second-order valence-electron chi connectivity index (χ2n) is 4.13. The number of allylic oxidation sites excluding steroid dienone is 3. The molecular formula is C11H16. The van der Waals surface area contributed by atoms with Gasteiger partial charge >= 0.3 is 0 Å². The van der Waals surface area contributed by atoms with Gasteiger partial charge in [0.25, 0.3) is 0 Å². The Labute approximate surface area is 69.0 Å². The fourth-order valence-electron chi connectivity index (χ4n) is 2.61. The van der Waals surface area contributed by atoms with Gasteiger partial charge in [-0.15, -0.1) is 0 Å². The van der Waals surface area contributed by atoms with Gasteiger partial charge < -0.3 is 0 Å². The Bertz CT molecular complexity index is 228. The standard InChI is InChI=1S/C11H16/c1-7(2)11-6-9-4-5-10(11)8(9)3/h9-10H,3-6H2,1-2H3. The minimum Gasteiger partial charge on any atom is -0.0990 e. The molecule has 0 saturated heterocycles. The lowest BCUT2D eigenvalue weighted by molar-refractivity contribution is 0.566. The maximum atomic E-state index is 4.18. The van der Waals surface area contributed by atoms with E-state index in [0.717, 1.165) is 11.8 Å². The van der Waals surface area contributed by atoms with E-state index >= 15 is 0 Å². The van der Waals surface area contributed by atoms with Gasteiger partial charge in [-0.3, -0.25) is 0 Å². The van der Waals surface area contributed by atoms with Crippen molar-refractivity contribution < 1.29 is 0 Å². The fraction of sp³-hybridized carbons (Fsp3) is 0.636. The third kappa shape index (κ3) is 0.885. The maximum Gasteiger partial charge on any atom is 0.00100 e. The van der Waals surface area contributed by atoms with Crippen molar-refractivity contribution >= 4 is 0 Å². The summed E-state index contributed by atoms with van der Waals surface area (Å²) in [5, 5.41) is 0. The van der Waals surface area contributed by atoms with Crippen molar-refractivity contribution in [3.63, 3.8) is 0 Å². The van der Waals surface area contributed by atoms with Gasteiger partial charge in [0.2, 0.25) is 0 Å². The van der Waals surface area contributed by atoms with Crippen LogP contribution < -0.4 is 0 Å². The SMILES string of the molecule is C=C1C2CCC1C(=C(C)C)C2. The minimum atomic E-state index is 0.782. The third-order valence-corrected chi connectivity index (χ3v) is 3.30. The monoisotopic (exact) mass is 148 g/mol. The van der Waals surface area contributed by atoms with Gasteiger partial charge in [-0.2, -0.15) is 0 Å². The van der Waals surface area contributed by atoms with Gasteiger partial charge in [-0.25, -0.2) is 0 Å². The van der Waals surface area contributed by atoms with Crippen molar-refractivity contribution in [1.82, 2.24) is 0 Å². The fourth-order valence-corrected chi connectivity index (χ4v) is 2.61. The molecule has 0 N–H and O–H groups in total. The minimum absolute atomic E-state index is 0.782. The molecule has 0 spiro atoms. The molecule has 11 heavy (non-hydrogen) atoms. The predicted molar refractivity (Wildman–Crippen MR) is 48.3 cm³/mol. The van der Waals surface area contributed by atoms with Gasteiger partial charge in [0, 0.05) is 5.92 Å². The summed E-state index contributed by atoms with van der Waals surface area (Å²) in [4.78, 5) is 0. The Balaban J connectivity index is 2.35. The van der Waals surface area contributed by atoms with E-state index in [4.69, 9.17) is 0 Å². The molecule has 2 aliphatic rings. The molecule has 0 radical (unpaired) electrons. The smallest absolute Gasteiger partial charge is 0.00100 e. The Kier molecular flexibility index (Phi) is 1.45. The number of hydrogen-bond donors (Lipinski definition) is 0. The summed E-state index contributed by atoms with van der Waals surface area (Å²) in [6.45, 7) is 8.66. The molecule has 0 aliphatic heterocycles. The topological polar surface area (TPSA) is 0 Å². The van der Waals surface area contributed by atoms with E-state index < -0.39 is 0 Å². The van der Waals surface area contributed by atoms with E-state index in [-0.39, 0.29) is 0 Å². The number of hydrogen-bond acceptors (Lipinski definition) is 0. The van der Waals surface area contributed by atoms with Crippen LogP contribution in [-0.2, 0) is 0 Å². The molecule has 2 aliphatic carbocycles. The first-order valence-corrected chi connectivity index (χ1v) is 4.55. The number of fused-ring (bicyclic) bond motifs is 2. The summed E-state index contributed by atoms with van der Waals surface area (Å²) < 4.78 is 0. The summed E-state index contributed by atoms with van der Waals surface area (Å²) in [6.07, 6.45) is 4.11. The van der Waals surface area contributed by atoms with Crippen molar-refractivity contribution in [2.24, 2.45) is 11.8 Å². The van der Waals surface area contributed by atoms with E-state index in [0.29, 0.717) is 0 Å². The second-order valence-corrected chi connectivity index (χ2v) is 4.13. The summed E-state index contributed by atoms with van der Waals surface area (Å²) in [5.41, 5.74) is 4.77. The Morgan fingerprint density at radius 1 is 1.36 bits per heavy atom. The molecule has 2 saturated carbocycles. The van der Waals surface area contributed by atoms with Crippen molar-refractivity contribution in [3.8, 4) is 0 Å². The van der Waals surface area contributed by atoms with Crippen LogP contribution in [0.5, 0.6) is 0 Å². The van der Waals surface area contributed by atoms with Crippen molar-refractivity contribution in [2.75, 3.05) is 0 Å². The van der Waals surface area contributed by atoms with E-state index in [9.17, 15) is 0 Å². The third-order valence-electron chi connectivity index (χ3n) is 3.30. The average molecular weight is 148 g/mol. The van der Waals surface area contributed by atoms with Crippen molar-refractivity contribution in [2.45, 2.75) is 33.1 Å². The van der Waals surface area contributed by atoms with Crippen LogP contribution in [0.1, 0.15) is 33.1 Å². The Morgan fingerprint density at radius 2 is 2.09 bits per heavy atom. The first-order valence-electron chi connectivity index (χ1n) is 4.55. The van der Waals surface area contributed by atoms with Crippen LogP contribution in [0.15, 0.2) is 23.3 Å². The van der Waals surface area contributed by atoms with Crippen LogP contribution in [0.4, 0.5) is 0 Å². The molecule has 0 heterocycles. The van der Waals surface area contributed by atoms with Gasteiger partial charge in [0.05, 0.1) is 0 Å². The zero-order chi connectivity index (χ0) is 8.01. The molecule has 0 aromatic rings. The highest BCUT2D eigenvalue weighted by molar-refractivity contribution is 5.35. The molecule has 2 atom stereocenters. The lowest BCUT2D eigenvalue weighted by Crippen LogP contribution is -1.99. The highest BCUT2D eigenvalue weighted by Crippen LogP contribution is 2.52. The highest BCUT2D eigenvalue weighted by Gasteiger charge is 2.38. The zero-order valence-electron chi connectivity index (χ0n) is 7.48. The van der Waals surface area contributed by atoms with E-state index in [2.05, 4.69) is 20.4 Å². The molecule has 2 bridgehead atoms. The van der Waals surface area contributed by atoms with Gasteiger partial charge in [0.1, 0.15) is 0 Å². The van der Waals surface area contributed by atoms with Crippen LogP contribution in [0.2, 0.25) is 0 Å². The van der Waals surface area contributed by atoms with Crippen LogP contribution in [0.3, 0.4) is 0 Å². The largest absolute Gasteiger partial charge is 0.0990 e. The molecular weight excluding hydrogens is 132 g/mol. The molecule has 2 fully saturated rings. The molecule has 0 heteroatoms. The predicted octanol–water partition coefficient (Wildman–Crippen LogP) is 3.31. The highest BCUT2D eigenvalue weighted by atomic mass is 14.4. The van der Waals surface area contributed by atoms with Crippen LogP contribution in [-0.4, -0.2) is 0 Å². The van der Waals surface area contributed by atoms with Gasteiger partial charge in [0.15, 0.2) is 0 Å². The summed E-state index contributed by atoms with van der Waals surface area (Å²) in [5.74, 6) is 1.63. The summed E-state index contributed by atoms with van der Waals surface area (Å²) in [7, 11) is 0. The first-order chi connectivity index (χ1) is 5.20. The van der Waals surface area contributed by atoms with Crippen LogP contribution >= 0.6 is 0 Å². The van der Waals surface area contributed by atoms with E-state index in [1.807, 2.05) is 0 Å². The molecule has 0 nitrogen and oxygen atoms in total. The number of rotatable bonds is 0. The maximum absolute atomic E-state index is 4.18.